The molecule has 0 saturated carbocycles. The summed E-state index contributed by atoms with van der Waals surface area (Å²) in [5.41, 5.74) is 12.6. The lowest BCUT2D eigenvalue weighted by Gasteiger charge is -2.30. The average molecular weight is 435 g/mol. The highest BCUT2D eigenvalue weighted by Crippen LogP contribution is 2.41. The van der Waals surface area contributed by atoms with Gasteiger partial charge in [0.25, 0.3) is 0 Å². The third-order valence-electron chi connectivity index (χ3n) is 5.49. The minimum Gasteiger partial charge on any atom is -0.496 e. The third kappa shape index (κ3) is 3.72. The van der Waals surface area contributed by atoms with E-state index < -0.39 is 11.4 Å². The summed E-state index contributed by atoms with van der Waals surface area (Å²) in [6, 6.07) is 0. The van der Waals surface area contributed by atoms with Gasteiger partial charge in [-0.3, -0.25) is 9.99 Å². The van der Waals surface area contributed by atoms with Crippen molar-refractivity contribution in [3.63, 3.8) is 0 Å². The van der Waals surface area contributed by atoms with E-state index in [0.717, 1.165) is 22.6 Å². The summed E-state index contributed by atoms with van der Waals surface area (Å²) in [6.07, 6.45) is 3.47. The number of anilines is 1. The fourth-order valence-electron chi connectivity index (χ4n) is 4.16. The lowest BCUT2D eigenvalue weighted by Crippen LogP contribution is -2.54. The van der Waals surface area contributed by atoms with Crippen molar-refractivity contribution in [1.82, 2.24) is 20.4 Å². The molecule has 1 fully saturated rings. The zero-order valence-corrected chi connectivity index (χ0v) is 18.6. The second kappa shape index (κ2) is 7.58. The van der Waals surface area contributed by atoms with Gasteiger partial charge in [-0.05, 0) is 27.7 Å². The highest BCUT2D eigenvalue weighted by molar-refractivity contribution is 6.30. The molecule has 0 aliphatic carbocycles. The first kappa shape index (κ1) is 21.2. The molecule has 9 nitrogen and oxygen atoms in total. The second-order valence-corrected chi connectivity index (χ2v) is 8.59. The van der Waals surface area contributed by atoms with Gasteiger partial charge >= 0.3 is 0 Å². The summed E-state index contributed by atoms with van der Waals surface area (Å²) in [6.45, 7) is 8.59. The standard InChI is InChI=1S/C20H27ClN6O3/c1-11-7-23-14(12(2)16(11)28-5)8-27-18-15(17(21)24-10-25-18)20(22,26-27)6-13-9-29-19(3,4)30-13/h7,10,13,26H,6,8-9,22H2,1-5H3. The highest BCUT2D eigenvalue weighted by Gasteiger charge is 2.47. The minimum absolute atomic E-state index is 0.194. The summed E-state index contributed by atoms with van der Waals surface area (Å²) in [4.78, 5) is 13.2. The maximum Gasteiger partial charge on any atom is 0.163 e. The van der Waals surface area contributed by atoms with Gasteiger partial charge in [0, 0.05) is 23.7 Å². The topological polar surface area (TPSA) is 108 Å². The van der Waals surface area contributed by atoms with Crippen LogP contribution in [-0.2, 0) is 21.7 Å². The molecule has 10 heteroatoms. The fourth-order valence-corrected chi connectivity index (χ4v) is 4.46. The molecule has 0 bridgehead atoms. The van der Waals surface area contributed by atoms with Crippen molar-refractivity contribution < 1.29 is 14.2 Å². The van der Waals surface area contributed by atoms with Gasteiger partial charge in [0.2, 0.25) is 0 Å². The van der Waals surface area contributed by atoms with Crippen LogP contribution in [0.4, 0.5) is 5.82 Å². The van der Waals surface area contributed by atoms with Crippen LogP contribution in [0.15, 0.2) is 12.5 Å². The van der Waals surface area contributed by atoms with Crippen LogP contribution in [0, 0.1) is 13.8 Å². The van der Waals surface area contributed by atoms with E-state index in [-0.39, 0.29) is 6.10 Å². The molecule has 0 spiro atoms. The SMILES string of the molecule is COc1c(C)cnc(CN2NC(N)(CC3COC(C)(C)O3)c3c(Cl)ncnc32)c1C. The van der Waals surface area contributed by atoms with Gasteiger partial charge < -0.3 is 19.9 Å². The molecule has 1 saturated heterocycles. The number of hydrogen-bond donors (Lipinski definition) is 2. The molecule has 4 heterocycles. The van der Waals surface area contributed by atoms with E-state index in [9.17, 15) is 0 Å². The molecule has 162 valence electrons. The van der Waals surface area contributed by atoms with Crippen LogP contribution in [0.5, 0.6) is 5.75 Å². The Labute approximate surface area is 180 Å². The molecule has 0 amide bonds. The summed E-state index contributed by atoms with van der Waals surface area (Å²) >= 11 is 6.46. The van der Waals surface area contributed by atoms with E-state index in [1.54, 1.807) is 13.3 Å². The van der Waals surface area contributed by atoms with Crippen LogP contribution in [0.2, 0.25) is 5.15 Å². The fraction of sp³-hybridized carbons (Fsp3) is 0.550. The Morgan fingerprint density at radius 3 is 2.77 bits per heavy atom. The third-order valence-corrected chi connectivity index (χ3v) is 5.78. The summed E-state index contributed by atoms with van der Waals surface area (Å²) in [5.74, 6) is 0.799. The number of fused-ring (bicyclic) bond motifs is 1. The monoisotopic (exact) mass is 434 g/mol. The van der Waals surface area contributed by atoms with Crippen LogP contribution in [0.25, 0.3) is 0 Å². The highest BCUT2D eigenvalue weighted by atomic mass is 35.5. The number of pyridine rings is 1. The van der Waals surface area contributed by atoms with E-state index in [1.807, 2.05) is 32.7 Å². The van der Waals surface area contributed by atoms with E-state index in [4.69, 9.17) is 31.5 Å². The molecule has 2 aliphatic heterocycles. The lowest BCUT2D eigenvalue weighted by atomic mass is 9.97. The second-order valence-electron chi connectivity index (χ2n) is 8.23. The Hall–Kier alpha value is -2.04. The van der Waals surface area contributed by atoms with Gasteiger partial charge in [0.05, 0.1) is 37.6 Å². The van der Waals surface area contributed by atoms with Crippen molar-refractivity contribution in [2.45, 2.75) is 58.2 Å². The number of hydrazine groups is 1. The first-order valence-electron chi connectivity index (χ1n) is 9.79. The maximum absolute atomic E-state index is 6.80. The summed E-state index contributed by atoms with van der Waals surface area (Å²) in [7, 11) is 1.66. The van der Waals surface area contributed by atoms with Gasteiger partial charge in [-0.2, -0.15) is 0 Å². The number of halogens is 1. The molecule has 30 heavy (non-hydrogen) atoms. The molecule has 2 aromatic rings. The number of rotatable bonds is 5. The number of nitrogens with two attached hydrogens (primary N) is 1. The van der Waals surface area contributed by atoms with Gasteiger partial charge in [0.15, 0.2) is 11.6 Å². The van der Waals surface area contributed by atoms with Gasteiger partial charge in [-0.25, -0.2) is 15.4 Å². The Kier molecular flexibility index (Phi) is 5.36. The first-order chi connectivity index (χ1) is 14.1. The predicted octanol–water partition coefficient (Wildman–Crippen LogP) is 2.33. The maximum atomic E-state index is 6.80. The Balaban J connectivity index is 1.65. The van der Waals surface area contributed by atoms with Crippen LogP contribution in [0.1, 0.15) is 42.7 Å². The quantitative estimate of drug-likeness (QED) is 0.685. The number of nitrogens with one attached hydrogen (secondary N) is 1. The molecule has 2 aromatic heterocycles. The predicted molar refractivity (Wildman–Crippen MR) is 112 cm³/mol. The zero-order chi connectivity index (χ0) is 21.7. The smallest absolute Gasteiger partial charge is 0.163 e. The molecular formula is C20H27ClN6O3. The molecule has 2 unspecified atom stereocenters. The van der Waals surface area contributed by atoms with E-state index in [1.165, 1.54) is 6.33 Å². The minimum atomic E-state index is -1.01. The average Bonchev–Trinajstić information content (AvgIpc) is 3.15. The van der Waals surface area contributed by atoms with Crippen molar-refractivity contribution in [2.24, 2.45) is 5.73 Å². The molecule has 4 rings (SSSR count). The largest absolute Gasteiger partial charge is 0.496 e. The Morgan fingerprint density at radius 2 is 2.10 bits per heavy atom. The van der Waals surface area contributed by atoms with Crippen LogP contribution >= 0.6 is 11.6 Å². The van der Waals surface area contributed by atoms with Gasteiger partial charge in [-0.15, -0.1) is 0 Å². The first-order valence-corrected chi connectivity index (χ1v) is 10.2. The van der Waals surface area contributed by atoms with Crippen molar-refractivity contribution in [3.8, 4) is 5.75 Å². The zero-order valence-electron chi connectivity index (χ0n) is 17.8. The van der Waals surface area contributed by atoms with Crippen LogP contribution in [0.3, 0.4) is 0 Å². The Bertz CT molecular complexity index is 972. The van der Waals surface area contributed by atoms with Gasteiger partial charge in [-0.1, -0.05) is 11.6 Å². The molecule has 2 atom stereocenters. The number of hydrogen-bond acceptors (Lipinski definition) is 9. The van der Waals surface area contributed by atoms with Crippen molar-refractivity contribution >= 4 is 17.4 Å². The van der Waals surface area contributed by atoms with E-state index in [0.29, 0.717) is 36.1 Å². The number of methoxy groups -OCH3 is 1. The number of aryl methyl sites for hydroxylation is 1. The molecule has 2 aliphatic rings. The normalized spacial score (nSPS) is 24.9. The molecule has 3 N–H and O–H groups in total. The van der Waals surface area contributed by atoms with Crippen molar-refractivity contribution in [3.05, 3.63) is 40.1 Å². The van der Waals surface area contributed by atoms with E-state index >= 15 is 0 Å². The number of nitrogens with zero attached hydrogens (tertiary/aromatic N) is 4. The summed E-state index contributed by atoms with van der Waals surface area (Å²) < 4.78 is 17.2. The molecular weight excluding hydrogens is 408 g/mol. The van der Waals surface area contributed by atoms with E-state index in [2.05, 4.69) is 20.4 Å². The molecule has 0 radical (unpaired) electrons. The Morgan fingerprint density at radius 1 is 1.33 bits per heavy atom. The molecule has 0 aromatic carbocycles. The summed E-state index contributed by atoms with van der Waals surface area (Å²) in [5, 5.41) is 2.16. The van der Waals surface area contributed by atoms with Gasteiger partial charge in [0.1, 0.15) is 22.9 Å². The lowest BCUT2D eigenvalue weighted by molar-refractivity contribution is -0.140. The number of ether oxygens (including phenoxy) is 3. The van der Waals surface area contributed by atoms with Crippen LogP contribution in [-0.4, -0.2) is 40.6 Å². The van der Waals surface area contributed by atoms with Crippen molar-refractivity contribution in [1.29, 1.82) is 0 Å². The number of aromatic nitrogens is 3. The van der Waals surface area contributed by atoms with Crippen LogP contribution < -0.4 is 20.9 Å². The van der Waals surface area contributed by atoms with Crippen molar-refractivity contribution in [2.75, 3.05) is 18.7 Å².